The largest absolute Gasteiger partial charge is 0.381 e. The Hall–Kier alpha value is -3.21. The number of hydrogen-bond acceptors (Lipinski definition) is 2. The molecular weight excluding hydrogens is 501 g/mol. The van der Waals surface area contributed by atoms with Crippen LogP contribution in [-0.2, 0) is 32.5 Å². The van der Waals surface area contributed by atoms with E-state index in [1.165, 1.54) is 28.8 Å². The maximum absolute atomic E-state index is 13.9. The van der Waals surface area contributed by atoms with Crippen LogP contribution in [0.25, 0.3) is 11.3 Å². The normalized spacial score (nSPS) is 14.7. The molecule has 0 fully saturated rings. The van der Waals surface area contributed by atoms with Gasteiger partial charge in [-0.25, -0.2) is 0 Å². The van der Waals surface area contributed by atoms with Crippen molar-refractivity contribution >= 4 is 34.8 Å². The van der Waals surface area contributed by atoms with E-state index in [4.69, 9.17) is 23.2 Å². The summed E-state index contributed by atoms with van der Waals surface area (Å²) in [6, 6.07) is 24.1. The summed E-state index contributed by atoms with van der Waals surface area (Å²) in [5.41, 5.74) is 8.90. The molecule has 37 heavy (non-hydrogen) atoms. The van der Waals surface area contributed by atoms with Crippen LogP contribution in [0.1, 0.15) is 45.6 Å². The number of halogens is 2. The van der Waals surface area contributed by atoms with E-state index in [0.717, 1.165) is 54.3 Å². The molecule has 4 aromatic rings. The van der Waals surface area contributed by atoms with Crippen molar-refractivity contribution in [1.29, 1.82) is 0 Å². The van der Waals surface area contributed by atoms with E-state index in [9.17, 15) is 4.79 Å². The van der Waals surface area contributed by atoms with Gasteiger partial charge in [-0.1, -0.05) is 47.5 Å². The van der Waals surface area contributed by atoms with Crippen molar-refractivity contribution in [2.75, 3.05) is 11.9 Å². The van der Waals surface area contributed by atoms with Crippen LogP contribution < -0.4 is 5.32 Å². The molecular formula is C31H29Cl2N3O. The summed E-state index contributed by atoms with van der Waals surface area (Å²) >= 11 is 12.6. The minimum Gasteiger partial charge on any atom is -0.381 e. The van der Waals surface area contributed by atoms with Gasteiger partial charge in [0.25, 0.3) is 5.91 Å². The first-order valence-electron chi connectivity index (χ1n) is 12.9. The first-order chi connectivity index (χ1) is 18.1. The van der Waals surface area contributed by atoms with Crippen molar-refractivity contribution in [3.63, 3.8) is 0 Å². The summed E-state index contributed by atoms with van der Waals surface area (Å²) in [7, 11) is 0. The van der Waals surface area contributed by atoms with E-state index in [-0.39, 0.29) is 5.91 Å². The Labute approximate surface area is 227 Å². The molecule has 1 N–H and O–H groups in total. The maximum Gasteiger partial charge on any atom is 0.254 e. The molecule has 3 heterocycles. The highest BCUT2D eigenvalue weighted by Crippen LogP contribution is 2.35. The molecule has 0 saturated heterocycles. The van der Waals surface area contributed by atoms with Crippen molar-refractivity contribution in [3.8, 4) is 11.3 Å². The molecule has 6 heteroatoms. The molecule has 0 atom stereocenters. The second-order valence-corrected chi connectivity index (χ2v) is 10.8. The van der Waals surface area contributed by atoms with Crippen molar-refractivity contribution in [1.82, 2.24) is 9.47 Å². The number of benzene rings is 3. The van der Waals surface area contributed by atoms with E-state index < -0.39 is 0 Å². The molecule has 6 rings (SSSR count). The standard InChI is InChI=1S/C31H29Cl2N3O/c32-24-8-11-26(12-9-24)34-19-23-17-30(36-15-4-3-7-29(23)36)28-18-25(33)10-13-27(28)31(37)35-16-14-21-5-1-2-6-22(21)20-35/h1-2,5-6,8-13,17-18,34H,3-4,7,14-16,19-20H2. The minimum absolute atomic E-state index is 0.0633. The Balaban J connectivity index is 1.34. The summed E-state index contributed by atoms with van der Waals surface area (Å²) in [4.78, 5) is 15.8. The van der Waals surface area contributed by atoms with Crippen LogP contribution in [0.5, 0.6) is 0 Å². The summed E-state index contributed by atoms with van der Waals surface area (Å²) < 4.78 is 2.40. The lowest BCUT2D eigenvalue weighted by molar-refractivity contribution is 0.0735. The Morgan fingerprint density at radius 1 is 0.838 bits per heavy atom. The Morgan fingerprint density at radius 2 is 1.62 bits per heavy atom. The monoisotopic (exact) mass is 529 g/mol. The zero-order valence-corrected chi connectivity index (χ0v) is 22.2. The third-order valence-electron chi connectivity index (χ3n) is 7.58. The number of hydrogen-bond donors (Lipinski definition) is 1. The number of aromatic nitrogens is 1. The SMILES string of the molecule is O=C(c1ccc(Cl)cc1-c1cc(CNc2ccc(Cl)cc2)c2n1CCCC2)N1CCc2ccccc2C1. The highest BCUT2D eigenvalue weighted by Gasteiger charge is 2.27. The number of anilines is 1. The van der Waals surface area contributed by atoms with Gasteiger partial charge in [-0.05, 0) is 90.9 Å². The fourth-order valence-corrected chi connectivity index (χ4v) is 5.95. The van der Waals surface area contributed by atoms with E-state index in [1.807, 2.05) is 53.4 Å². The number of rotatable bonds is 5. The number of nitrogens with one attached hydrogen (secondary N) is 1. The fourth-order valence-electron chi connectivity index (χ4n) is 5.65. The van der Waals surface area contributed by atoms with Crippen LogP contribution in [0.4, 0.5) is 5.69 Å². The fraction of sp³-hybridized carbons (Fsp3) is 0.258. The first kappa shape index (κ1) is 24.1. The first-order valence-corrected chi connectivity index (χ1v) is 13.7. The van der Waals surface area contributed by atoms with Crippen LogP contribution in [0.2, 0.25) is 10.0 Å². The quantitative estimate of drug-likeness (QED) is 0.288. The van der Waals surface area contributed by atoms with Gasteiger partial charge in [0.05, 0.1) is 0 Å². The van der Waals surface area contributed by atoms with E-state index in [2.05, 4.69) is 34.1 Å². The predicted molar refractivity (Wildman–Crippen MR) is 151 cm³/mol. The molecule has 0 unspecified atom stereocenters. The van der Waals surface area contributed by atoms with Crippen LogP contribution in [0.3, 0.4) is 0 Å². The van der Waals surface area contributed by atoms with Gasteiger partial charge in [0.15, 0.2) is 0 Å². The summed E-state index contributed by atoms with van der Waals surface area (Å²) in [5, 5.41) is 4.91. The summed E-state index contributed by atoms with van der Waals surface area (Å²) in [6.07, 6.45) is 4.22. The van der Waals surface area contributed by atoms with Crippen molar-refractivity contribution in [2.45, 2.75) is 45.3 Å². The molecule has 2 aliphatic heterocycles. The average molecular weight is 530 g/mol. The molecule has 188 valence electrons. The van der Waals surface area contributed by atoms with Gasteiger partial charge >= 0.3 is 0 Å². The van der Waals surface area contributed by atoms with Crippen LogP contribution in [0.15, 0.2) is 72.8 Å². The molecule has 0 radical (unpaired) electrons. The van der Waals surface area contributed by atoms with Gasteiger partial charge in [0.2, 0.25) is 0 Å². The second kappa shape index (κ2) is 10.3. The average Bonchev–Trinajstić information content (AvgIpc) is 3.30. The van der Waals surface area contributed by atoms with Gasteiger partial charge in [-0.3, -0.25) is 4.79 Å². The van der Waals surface area contributed by atoms with Crippen molar-refractivity contribution < 1.29 is 4.79 Å². The zero-order valence-electron chi connectivity index (χ0n) is 20.6. The smallest absolute Gasteiger partial charge is 0.254 e. The lowest BCUT2D eigenvalue weighted by Gasteiger charge is -2.30. The van der Waals surface area contributed by atoms with Gasteiger partial charge in [0.1, 0.15) is 0 Å². The third kappa shape index (κ3) is 4.88. The zero-order chi connectivity index (χ0) is 25.4. The number of carbonyl (C=O) groups excluding carboxylic acids is 1. The van der Waals surface area contributed by atoms with Crippen molar-refractivity contribution in [3.05, 3.63) is 111 Å². The molecule has 3 aromatic carbocycles. The van der Waals surface area contributed by atoms with Crippen LogP contribution in [-0.4, -0.2) is 21.9 Å². The molecule has 0 aliphatic carbocycles. The van der Waals surface area contributed by atoms with Crippen LogP contribution in [0, 0.1) is 0 Å². The molecule has 0 spiro atoms. The summed E-state index contributed by atoms with van der Waals surface area (Å²) in [6.45, 7) is 3.02. The molecule has 1 amide bonds. The highest BCUT2D eigenvalue weighted by molar-refractivity contribution is 6.31. The van der Waals surface area contributed by atoms with Gasteiger partial charge in [-0.15, -0.1) is 0 Å². The lowest BCUT2D eigenvalue weighted by atomic mass is 9.97. The van der Waals surface area contributed by atoms with Gasteiger partial charge < -0.3 is 14.8 Å². The number of fused-ring (bicyclic) bond motifs is 2. The summed E-state index contributed by atoms with van der Waals surface area (Å²) in [5.74, 6) is 0.0633. The number of amides is 1. The Morgan fingerprint density at radius 3 is 2.46 bits per heavy atom. The minimum atomic E-state index is 0.0633. The topological polar surface area (TPSA) is 37.3 Å². The molecule has 0 bridgehead atoms. The number of nitrogens with zero attached hydrogens (tertiary/aromatic N) is 2. The third-order valence-corrected chi connectivity index (χ3v) is 8.06. The van der Waals surface area contributed by atoms with Gasteiger partial charge in [0, 0.05) is 64.4 Å². The lowest BCUT2D eigenvalue weighted by Crippen LogP contribution is -2.36. The van der Waals surface area contributed by atoms with E-state index in [0.29, 0.717) is 23.7 Å². The molecule has 2 aliphatic rings. The maximum atomic E-state index is 13.9. The highest BCUT2D eigenvalue weighted by atomic mass is 35.5. The number of carbonyl (C=O) groups is 1. The van der Waals surface area contributed by atoms with Crippen LogP contribution >= 0.6 is 23.2 Å². The predicted octanol–water partition coefficient (Wildman–Crippen LogP) is 7.61. The van der Waals surface area contributed by atoms with Crippen molar-refractivity contribution in [2.24, 2.45) is 0 Å². The Kier molecular flexibility index (Phi) is 6.71. The van der Waals surface area contributed by atoms with Gasteiger partial charge in [-0.2, -0.15) is 0 Å². The second-order valence-electron chi connectivity index (χ2n) is 9.91. The molecule has 1 aromatic heterocycles. The van der Waals surface area contributed by atoms with E-state index in [1.54, 1.807) is 0 Å². The molecule has 4 nitrogen and oxygen atoms in total. The van der Waals surface area contributed by atoms with E-state index >= 15 is 0 Å². The molecule has 0 saturated carbocycles. The Bertz CT molecular complexity index is 1460.